The van der Waals surface area contributed by atoms with Crippen molar-refractivity contribution < 1.29 is 0 Å². The molecule has 18 aliphatic carbocycles. The highest BCUT2D eigenvalue weighted by Crippen LogP contribution is 2.72. The van der Waals surface area contributed by atoms with Gasteiger partial charge in [0.25, 0.3) is 0 Å². The monoisotopic (exact) mass is 1400 g/mol. The third-order valence-corrected chi connectivity index (χ3v) is 42.2. The van der Waals surface area contributed by atoms with Gasteiger partial charge in [-0.1, -0.05) is 244 Å². The van der Waals surface area contributed by atoms with Crippen LogP contribution in [0.2, 0.25) is 17.5 Å². The Hall–Kier alpha value is -0.0951. The predicted octanol–water partition coefficient (Wildman–Crippen LogP) is 24.9. The van der Waals surface area contributed by atoms with Crippen molar-refractivity contribution in [2.24, 2.45) is 130 Å². The molecule has 0 radical (unpaired) electrons. The van der Waals surface area contributed by atoms with Crippen LogP contribution >= 0.6 is 0 Å². The van der Waals surface area contributed by atoms with Gasteiger partial charge < -0.3 is 0 Å². The van der Waals surface area contributed by atoms with Gasteiger partial charge in [-0.25, -0.2) is 0 Å². The molecule has 4 nitrogen and oxygen atoms in total. The van der Waals surface area contributed by atoms with E-state index < -0.39 is 0 Å². The summed E-state index contributed by atoms with van der Waals surface area (Å²) in [4.78, 5) is 15.4. The second-order valence-corrected chi connectivity index (χ2v) is 45.1. The fraction of sp³-hybridized carbons (Fsp3) is 1.00. The molecule has 22 rings (SSSR count). The SMILES string of the molecule is C1CCC(C2CCCC(C3CCCCC3)C2N2C3CCC(C4CCC5CCCC6C7CCCC8CCCC(C87)C4C56)CC3B3C4CCC(N5C6CCCCC6C6CCCCC65)CC4N(C4C(C5CCCCC5)CCCC4C4CCCCC4)C4CC(N5C6CCCCC6C6CCCCC65)CC2C34)CC1. The molecule has 4 heterocycles. The Morgan fingerprint density at radius 1 is 0.165 bits per heavy atom. The number of likely N-dealkylation sites (tertiary alicyclic amines) is 2. The van der Waals surface area contributed by atoms with Crippen molar-refractivity contribution in [3.8, 4) is 0 Å². The number of fused-ring (bicyclic) bond motifs is 12. The first-order chi connectivity index (χ1) is 51.2. The van der Waals surface area contributed by atoms with E-state index in [1.54, 1.807) is 392 Å². The van der Waals surface area contributed by atoms with Gasteiger partial charge in [0.1, 0.15) is 0 Å². The Balaban J connectivity index is 0.737. The lowest BCUT2D eigenvalue weighted by atomic mass is 9.18. The molecule has 31 atom stereocenters. The largest absolute Gasteiger partial charge is 0.295 e. The van der Waals surface area contributed by atoms with E-state index in [2.05, 4.69) is 19.6 Å². The van der Waals surface area contributed by atoms with Crippen LogP contribution in [0.5, 0.6) is 0 Å². The van der Waals surface area contributed by atoms with E-state index >= 15 is 0 Å². The molecule has 0 spiro atoms. The van der Waals surface area contributed by atoms with Gasteiger partial charge in [0.2, 0.25) is 0 Å². The van der Waals surface area contributed by atoms with Gasteiger partial charge >= 0.3 is 0 Å². The van der Waals surface area contributed by atoms with Crippen LogP contribution in [0.3, 0.4) is 0 Å². The molecule has 0 aromatic heterocycles. The second kappa shape index (κ2) is 29.7. The molecule has 103 heavy (non-hydrogen) atoms. The molecule has 5 heteroatoms. The van der Waals surface area contributed by atoms with E-state index in [-0.39, 0.29) is 0 Å². The highest BCUT2D eigenvalue weighted by molar-refractivity contribution is 6.65. The Morgan fingerprint density at radius 2 is 0.524 bits per heavy atom. The average molecular weight is 1400 g/mol. The minimum atomic E-state index is 0.826. The first-order valence-electron chi connectivity index (χ1n) is 50.3. The summed E-state index contributed by atoms with van der Waals surface area (Å²) in [5.74, 6) is 25.9. The summed E-state index contributed by atoms with van der Waals surface area (Å²) < 4.78 is 0. The lowest BCUT2D eigenvalue weighted by Gasteiger charge is -2.73. The van der Waals surface area contributed by atoms with E-state index in [1.807, 2.05) is 0 Å². The Morgan fingerprint density at radius 3 is 1.01 bits per heavy atom. The number of hydrogen-bond donors (Lipinski definition) is 0. The summed E-state index contributed by atoms with van der Waals surface area (Å²) in [6.07, 6.45) is 97.3. The van der Waals surface area contributed by atoms with E-state index in [0.29, 0.717) is 0 Å². The standard InChI is InChI=1S/C98H159BN4/c1-5-26-62(27-6-1)72-41-24-42-73(63-28-7-2-8-29-63)97(72)102-89-57-53-68(71-55-52-67-36-22-46-81-80-45-21-34-66-35-23-47-82(93(66)80)95(71)94(67)81)58-84(89)99-83-56-54-69(100-85-48-17-13-37-76(85)77-38-14-18-49-86(77)100)59-90(83)103(98-74(64-30-9-3-10-31-64)43-25-44-75(98)65-32-11-4-12-33-65)92-61-70(60-91(102)96(92)99)101-87-50-19-15-39-78(87)79-40-16-20-51-88(79)101/h62-98H,1-61H2. The highest BCUT2D eigenvalue weighted by Gasteiger charge is 2.71. The first-order valence-corrected chi connectivity index (χ1v) is 50.3. The molecular weight excluding hydrogens is 1240 g/mol. The van der Waals surface area contributed by atoms with Crippen LogP contribution in [0.15, 0.2) is 0 Å². The zero-order valence-corrected chi connectivity index (χ0v) is 66.9. The maximum Gasteiger partial charge on any atom is 0.156 e. The van der Waals surface area contributed by atoms with Crippen LogP contribution < -0.4 is 0 Å². The molecule has 22 fully saturated rings. The van der Waals surface area contributed by atoms with Gasteiger partial charge in [0.05, 0.1) is 0 Å². The molecular formula is C98H159BN4. The van der Waals surface area contributed by atoms with Crippen molar-refractivity contribution in [1.29, 1.82) is 0 Å². The van der Waals surface area contributed by atoms with Crippen LogP contribution in [-0.4, -0.2) is 98.8 Å². The number of nitrogens with zero attached hydrogens (tertiary/aromatic N) is 4. The fourth-order valence-electron chi connectivity index (χ4n) is 39.7. The molecule has 0 N–H and O–H groups in total. The molecule has 4 saturated heterocycles. The highest BCUT2D eigenvalue weighted by atomic mass is 15.3. The van der Waals surface area contributed by atoms with E-state index in [0.717, 1.165) is 227 Å². The Labute approximate surface area is 634 Å². The molecule has 574 valence electrons. The van der Waals surface area contributed by atoms with E-state index in [9.17, 15) is 0 Å². The van der Waals surface area contributed by atoms with Crippen LogP contribution in [-0.2, 0) is 0 Å². The maximum atomic E-state index is 4.05. The number of hydrogen-bond acceptors (Lipinski definition) is 4. The molecule has 0 amide bonds. The van der Waals surface area contributed by atoms with Crippen LogP contribution in [0.1, 0.15) is 392 Å². The third kappa shape index (κ3) is 11.9. The molecule has 22 aliphatic rings. The van der Waals surface area contributed by atoms with Gasteiger partial charge in [-0.2, -0.15) is 0 Å². The van der Waals surface area contributed by atoms with Crippen molar-refractivity contribution in [1.82, 2.24) is 19.6 Å². The van der Waals surface area contributed by atoms with Crippen molar-refractivity contribution in [3.63, 3.8) is 0 Å². The summed E-state index contributed by atoms with van der Waals surface area (Å²) in [5, 5.41) is 0. The predicted molar refractivity (Wildman–Crippen MR) is 428 cm³/mol. The van der Waals surface area contributed by atoms with Crippen molar-refractivity contribution in [2.75, 3.05) is 0 Å². The smallest absolute Gasteiger partial charge is 0.156 e. The fourth-order valence-corrected chi connectivity index (χ4v) is 39.7. The van der Waals surface area contributed by atoms with Gasteiger partial charge in [0, 0.05) is 72.5 Å². The van der Waals surface area contributed by atoms with Crippen LogP contribution in [0.25, 0.3) is 0 Å². The van der Waals surface area contributed by atoms with Crippen molar-refractivity contribution in [2.45, 2.75) is 482 Å². The molecule has 4 aliphatic heterocycles. The Kier molecular flexibility index (Phi) is 20.1. The van der Waals surface area contributed by atoms with Crippen molar-refractivity contribution in [3.05, 3.63) is 0 Å². The summed E-state index contributed by atoms with van der Waals surface area (Å²) in [6, 6.07) is 10.5. The number of rotatable bonds is 9. The van der Waals surface area contributed by atoms with Gasteiger partial charge in [-0.3, -0.25) is 19.6 Å². The first kappa shape index (κ1) is 69.6. The van der Waals surface area contributed by atoms with Crippen LogP contribution in [0.4, 0.5) is 0 Å². The van der Waals surface area contributed by atoms with E-state index in [4.69, 9.17) is 0 Å². The zero-order chi connectivity index (χ0) is 67.4. The summed E-state index contributed by atoms with van der Waals surface area (Å²) >= 11 is 0. The quantitative estimate of drug-likeness (QED) is 0.213. The minimum absolute atomic E-state index is 0.826. The topological polar surface area (TPSA) is 13.0 Å². The summed E-state index contributed by atoms with van der Waals surface area (Å²) in [5.41, 5.74) is 0. The normalized spacial score (nSPS) is 53.4. The zero-order valence-electron chi connectivity index (χ0n) is 66.9. The second-order valence-electron chi connectivity index (χ2n) is 45.1. The summed E-state index contributed by atoms with van der Waals surface area (Å²) in [6.45, 7) is 0.996. The molecule has 0 bridgehead atoms. The van der Waals surface area contributed by atoms with Crippen LogP contribution in [0, 0.1) is 130 Å². The van der Waals surface area contributed by atoms with Crippen molar-refractivity contribution >= 4 is 6.71 Å². The molecule has 0 aromatic rings. The van der Waals surface area contributed by atoms with Gasteiger partial charge in [0.15, 0.2) is 6.71 Å². The Bertz CT molecular complexity index is 2730. The third-order valence-electron chi connectivity index (χ3n) is 42.2. The minimum Gasteiger partial charge on any atom is -0.295 e. The average Bonchev–Trinajstić information content (AvgIpc) is 0.876. The van der Waals surface area contributed by atoms with Gasteiger partial charge in [-0.15, -0.1) is 0 Å². The van der Waals surface area contributed by atoms with E-state index in [1.165, 1.54) is 0 Å². The maximum absolute atomic E-state index is 4.05. The molecule has 18 saturated carbocycles. The summed E-state index contributed by atoms with van der Waals surface area (Å²) in [7, 11) is 0. The molecule has 31 unspecified atom stereocenters. The van der Waals surface area contributed by atoms with Gasteiger partial charge in [-0.05, 0) is 295 Å². The lowest BCUT2D eigenvalue weighted by molar-refractivity contribution is -0.168. The molecule has 0 aromatic carbocycles. The lowest BCUT2D eigenvalue weighted by Crippen LogP contribution is -2.78.